The first-order chi connectivity index (χ1) is 14.0. The van der Waals surface area contributed by atoms with E-state index in [4.69, 9.17) is 9.57 Å². The van der Waals surface area contributed by atoms with Crippen molar-refractivity contribution in [2.45, 2.75) is 19.8 Å². The van der Waals surface area contributed by atoms with Crippen LogP contribution in [0.1, 0.15) is 50.8 Å². The van der Waals surface area contributed by atoms with E-state index >= 15 is 0 Å². The minimum Gasteiger partial charge on any atom is -0.494 e. The highest BCUT2D eigenvalue weighted by Crippen LogP contribution is 2.22. The molecule has 0 bridgehead atoms. The number of nitrogens with zero attached hydrogens (tertiary/aromatic N) is 1. The Bertz CT molecular complexity index is 903. The molecule has 0 unspecified atom stereocenters. The van der Waals surface area contributed by atoms with Crippen LogP contribution in [0.5, 0.6) is 5.75 Å². The Kier molecular flexibility index (Phi) is 6.23. The summed E-state index contributed by atoms with van der Waals surface area (Å²) in [5.41, 5.74) is 0.660. The summed E-state index contributed by atoms with van der Waals surface area (Å²) in [5, 5.41) is 2.80. The molecule has 8 nitrogen and oxygen atoms in total. The Morgan fingerprint density at radius 1 is 0.966 bits per heavy atom. The second-order valence-corrected chi connectivity index (χ2v) is 6.32. The maximum absolute atomic E-state index is 12.2. The summed E-state index contributed by atoms with van der Waals surface area (Å²) in [6.07, 6.45) is 1.97. The smallest absolute Gasteiger partial charge is 0.352 e. The van der Waals surface area contributed by atoms with E-state index in [1.54, 1.807) is 36.4 Å². The number of hydrogen-bond donors (Lipinski definition) is 1. The van der Waals surface area contributed by atoms with E-state index in [2.05, 4.69) is 12.2 Å². The van der Waals surface area contributed by atoms with Gasteiger partial charge in [0.1, 0.15) is 12.3 Å². The highest BCUT2D eigenvalue weighted by atomic mass is 16.7. The standard InChI is InChI=1S/C21H20N2O6/c1-2-3-12-28-15-10-8-14(9-11-15)19(25)22-13-18(24)29-23-20(26)16-6-4-5-7-17(16)21(23)27/h4-11H,2-3,12-13H2,1H3,(H,22,25). The van der Waals surface area contributed by atoms with E-state index in [0.717, 1.165) is 12.8 Å². The Balaban J connectivity index is 1.50. The van der Waals surface area contributed by atoms with Gasteiger partial charge in [0.25, 0.3) is 17.7 Å². The van der Waals surface area contributed by atoms with Gasteiger partial charge in [0.15, 0.2) is 0 Å². The normalized spacial score (nSPS) is 12.5. The number of nitrogens with one attached hydrogen (secondary N) is 1. The molecule has 0 fully saturated rings. The van der Waals surface area contributed by atoms with Crippen LogP contribution in [0.15, 0.2) is 48.5 Å². The first-order valence-corrected chi connectivity index (χ1v) is 9.21. The largest absolute Gasteiger partial charge is 0.494 e. The van der Waals surface area contributed by atoms with Crippen molar-refractivity contribution in [2.24, 2.45) is 0 Å². The van der Waals surface area contributed by atoms with Gasteiger partial charge in [-0.25, -0.2) is 4.79 Å². The quantitative estimate of drug-likeness (QED) is 0.543. The van der Waals surface area contributed by atoms with Crippen LogP contribution in [-0.2, 0) is 9.63 Å². The molecular formula is C21H20N2O6. The van der Waals surface area contributed by atoms with Gasteiger partial charge >= 0.3 is 5.97 Å². The van der Waals surface area contributed by atoms with Crippen molar-refractivity contribution in [1.29, 1.82) is 0 Å². The van der Waals surface area contributed by atoms with Gasteiger partial charge in [-0.15, -0.1) is 0 Å². The molecule has 0 radical (unpaired) electrons. The van der Waals surface area contributed by atoms with Crippen LogP contribution in [-0.4, -0.2) is 41.9 Å². The molecule has 3 amide bonds. The zero-order chi connectivity index (χ0) is 20.8. The number of hydrogen-bond acceptors (Lipinski definition) is 6. The molecule has 1 heterocycles. The molecule has 0 saturated heterocycles. The molecule has 1 aliphatic rings. The summed E-state index contributed by atoms with van der Waals surface area (Å²) < 4.78 is 5.53. The molecule has 1 N–H and O–H groups in total. The molecule has 2 aromatic carbocycles. The van der Waals surface area contributed by atoms with Gasteiger partial charge in [0.05, 0.1) is 17.7 Å². The number of ether oxygens (including phenoxy) is 1. The van der Waals surface area contributed by atoms with Crippen molar-refractivity contribution in [1.82, 2.24) is 10.4 Å². The first kappa shape index (κ1) is 20.1. The molecule has 29 heavy (non-hydrogen) atoms. The van der Waals surface area contributed by atoms with Crippen LogP contribution in [0.25, 0.3) is 0 Å². The van der Waals surface area contributed by atoms with E-state index in [0.29, 0.717) is 23.0 Å². The Hall–Kier alpha value is -3.68. The van der Waals surface area contributed by atoms with E-state index in [1.165, 1.54) is 12.1 Å². The second-order valence-electron chi connectivity index (χ2n) is 6.32. The summed E-state index contributed by atoms with van der Waals surface area (Å²) in [4.78, 5) is 53.3. The van der Waals surface area contributed by atoms with Crippen molar-refractivity contribution in [3.63, 3.8) is 0 Å². The Labute approximate surface area is 167 Å². The molecule has 0 atom stereocenters. The highest BCUT2D eigenvalue weighted by molar-refractivity contribution is 6.20. The predicted octanol–water partition coefficient (Wildman–Crippen LogP) is 2.35. The van der Waals surface area contributed by atoms with E-state index in [9.17, 15) is 19.2 Å². The zero-order valence-electron chi connectivity index (χ0n) is 15.8. The average molecular weight is 396 g/mol. The van der Waals surface area contributed by atoms with Crippen LogP contribution in [0.2, 0.25) is 0 Å². The van der Waals surface area contributed by atoms with Crippen LogP contribution >= 0.6 is 0 Å². The molecule has 0 saturated carbocycles. The monoisotopic (exact) mass is 396 g/mol. The summed E-state index contributed by atoms with van der Waals surface area (Å²) in [5.74, 6) is -2.22. The SMILES string of the molecule is CCCCOc1ccc(C(=O)NCC(=O)ON2C(=O)c3ccccc3C2=O)cc1. The van der Waals surface area contributed by atoms with Crippen LogP contribution in [0, 0.1) is 0 Å². The molecule has 3 rings (SSSR count). The van der Waals surface area contributed by atoms with E-state index in [1.807, 2.05) is 0 Å². The fourth-order valence-corrected chi connectivity index (χ4v) is 2.68. The highest BCUT2D eigenvalue weighted by Gasteiger charge is 2.38. The van der Waals surface area contributed by atoms with E-state index < -0.39 is 30.2 Å². The molecule has 0 aliphatic carbocycles. The third kappa shape index (κ3) is 4.60. The van der Waals surface area contributed by atoms with Gasteiger partial charge in [-0.3, -0.25) is 14.4 Å². The number of benzene rings is 2. The predicted molar refractivity (Wildman–Crippen MR) is 102 cm³/mol. The second kappa shape index (κ2) is 9.01. The lowest BCUT2D eigenvalue weighted by atomic mass is 10.1. The van der Waals surface area contributed by atoms with Gasteiger partial charge in [-0.1, -0.05) is 30.5 Å². The topological polar surface area (TPSA) is 102 Å². The van der Waals surface area contributed by atoms with Gasteiger partial charge in [-0.2, -0.15) is 0 Å². The minimum atomic E-state index is -0.938. The third-order valence-corrected chi connectivity index (χ3v) is 4.23. The maximum atomic E-state index is 12.2. The number of imide groups is 1. The molecular weight excluding hydrogens is 376 g/mol. The van der Waals surface area contributed by atoms with Crippen molar-refractivity contribution < 1.29 is 28.8 Å². The molecule has 8 heteroatoms. The molecule has 1 aliphatic heterocycles. The number of rotatable bonds is 8. The van der Waals surface area contributed by atoms with Crippen LogP contribution in [0.3, 0.4) is 0 Å². The average Bonchev–Trinajstić information content (AvgIpc) is 2.98. The number of fused-ring (bicyclic) bond motifs is 1. The van der Waals surface area contributed by atoms with Gasteiger partial charge in [-0.05, 0) is 42.8 Å². The Morgan fingerprint density at radius 2 is 1.59 bits per heavy atom. The number of carbonyl (C=O) groups excluding carboxylic acids is 4. The first-order valence-electron chi connectivity index (χ1n) is 9.21. The van der Waals surface area contributed by atoms with Crippen molar-refractivity contribution >= 4 is 23.7 Å². The Morgan fingerprint density at radius 3 is 2.17 bits per heavy atom. The van der Waals surface area contributed by atoms with Crippen molar-refractivity contribution in [3.8, 4) is 5.75 Å². The van der Waals surface area contributed by atoms with Crippen LogP contribution < -0.4 is 10.1 Å². The number of unbranched alkanes of at least 4 members (excludes halogenated alkanes) is 1. The number of hydroxylamine groups is 2. The van der Waals surface area contributed by atoms with Gasteiger partial charge in [0, 0.05) is 5.56 Å². The molecule has 0 spiro atoms. The summed E-state index contributed by atoms with van der Waals surface area (Å²) >= 11 is 0. The summed E-state index contributed by atoms with van der Waals surface area (Å²) in [7, 11) is 0. The molecule has 150 valence electrons. The van der Waals surface area contributed by atoms with Gasteiger partial charge < -0.3 is 14.9 Å². The summed E-state index contributed by atoms with van der Waals surface area (Å²) in [6, 6.07) is 12.6. The lowest BCUT2D eigenvalue weighted by Crippen LogP contribution is -2.38. The fraction of sp³-hybridized carbons (Fsp3) is 0.238. The summed E-state index contributed by atoms with van der Waals surface area (Å²) in [6.45, 7) is 2.17. The lowest BCUT2D eigenvalue weighted by molar-refractivity contribution is -0.167. The molecule has 0 aromatic heterocycles. The van der Waals surface area contributed by atoms with Crippen molar-refractivity contribution in [3.05, 3.63) is 65.2 Å². The number of amides is 3. The van der Waals surface area contributed by atoms with Gasteiger partial charge in [0.2, 0.25) is 0 Å². The van der Waals surface area contributed by atoms with Crippen molar-refractivity contribution in [2.75, 3.05) is 13.2 Å². The van der Waals surface area contributed by atoms with Crippen LogP contribution in [0.4, 0.5) is 0 Å². The third-order valence-electron chi connectivity index (χ3n) is 4.23. The van der Waals surface area contributed by atoms with E-state index in [-0.39, 0.29) is 11.1 Å². The fourth-order valence-electron chi connectivity index (χ4n) is 2.68. The zero-order valence-corrected chi connectivity index (χ0v) is 15.8. The molecule has 2 aromatic rings. The maximum Gasteiger partial charge on any atom is 0.352 e. The minimum absolute atomic E-state index is 0.163. The lowest BCUT2D eigenvalue weighted by Gasteiger charge is -2.13. The number of carbonyl (C=O) groups is 4.